The molecule has 0 atom stereocenters. The number of halogens is 1. The average Bonchev–Trinajstić information content (AvgIpc) is 2.86. The Morgan fingerprint density at radius 2 is 2.00 bits per heavy atom. The van der Waals surface area contributed by atoms with E-state index in [2.05, 4.69) is 4.98 Å². The van der Waals surface area contributed by atoms with Crippen LogP contribution in [-0.2, 0) is 12.4 Å². The predicted molar refractivity (Wildman–Crippen MR) is 70.6 cm³/mol. The Labute approximate surface area is 117 Å². The molecule has 1 aromatic carbocycles. The fourth-order valence-electron chi connectivity index (χ4n) is 1.73. The number of hydrogen-bond donors (Lipinski definition) is 0. The van der Waals surface area contributed by atoms with Crippen LogP contribution in [0.15, 0.2) is 30.7 Å². The van der Waals surface area contributed by atoms with Crippen LogP contribution in [0.25, 0.3) is 0 Å². The molecular formula is C11H9ClN4O4. The minimum absolute atomic E-state index is 0.193. The monoisotopic (exact) mass is 296 g/mol. The lowest BCUT2D eigenvalue weighted by Crippen LogP contribution is -2.02. The lowest BCUT2D eigenvalue weighted by atomic mass is 10.1. The van der Waals surface area contributed by atoms with Crippen LogP contribution >= 0.6 is 11.6 Å². The van der Waals surface area contributed by atoms with E-state index >= 15 is 0 Å². The molecule has 104 valence electrons. The normalized spacial score (nSPS) is 10.4. The Balaban J connectivity index is 2.35. The zero-order chi connectivity index (χ0) is 14.7. The van der Waals surface area contributed by atoms with Gasteiger partial charge in [0.05, 0.1) is 45.9 Å². The van der Waals surface area contributed by atoms with Crippen LogP contribution in [0.4, 0.5) is 11.4 Å². The van der Waals surface area contributed by atoms with Gasteiger partial charge in [0.2, 0.25) is 0 Å². The van der Waals surface area contributed by atoms with Crippen molar-refractivity contribution in [3.8, 4) is 0 Å². The second kappa shape index (κ2) is 5.66. The van der Waals surface area contributed by atoms with E-state index in [0.29, 0.717) is 11.3 Å². The second-order valence-corrected chi connectivity index (χ2v) is 4.27. The molecule has 0 saturated carbocycles. The van der Waals surface area contributed by atoms with Crippen LogP contribution in [0.2, 0.25) is 0 Å². The highest BCUT2D eigenvalue weighted by molar-refractivity contribution is 6.16. The molecule has 2 aromatic rings. The van der Waals surface area contributed by atoms with Gasteiger partial charge in [0.15, 0.2) is 0 Å². The summed E-state index contributed by atoms with van der Waals surface area (Å²) in [5, 5.41) is 21.6. The van der Waals surface area contributed by atoms with E-state index in [1.807, 2.05) is 0 Å². The Bertz CT molecular complexity index is 670. The number of benzene rings is 1. The molecule has 0 amide bonds. The Kier molecular flexibility index (Phi) is 3.94. The minimum atomic E-state index is -0.667. The van der Waals surface area contributed by atoms with Gasteiger partial charge >= 0.3 is 0 Å². The van der Waals surface area contributed by atoms with Crippen LogP contribution in [0.3, 0.4) is 0 Å². The molecule has 0 bridgehead atoms. The van der Waals surface area contributed by atoms with Crippen molar-refractivity contribution < 1.29 is 9.85 Å². The predicted octanol–water partition coefficient (Wildman–Crippen LogP) is 2.49. The second-order valence-electron chi connectivity index (χ2n) is 4.00. The van der Waals surface area contributed by atoms with Gasteiger partial charge in [-0.3, -0.25) is 20.2 Å². The Morgan fingerprint density at radius 3 is 2.55 bits per heavy atom. The molecule has 1 aromatic heterocycles. The number of aromatic nitrogens is 2. The van der Waals surface area contributed by atoms with E-state index in [9.17, 15) is 20.2 Å². The van der Waals surface area contributed by atoms with Crippen LogP contribution in [-0.4, -0.2) is 19.4 Å². The molecular weight excluding hydrogens is 288 g/mol. The first-order valence-corrected chi connectivity index (χ1v) is 6.03. The van der Waals surface area contributed by atoms with E-state index in [4.69, 9.17) is 11.6 Å². The summed E-state index contributed by atoms with van der Waals surface area (Å²) in [6.07, 6.45) is 3.17. The molecule has 0 spiro atoms. The van der Waals surface area contributed by atoms with Gasteiger partial charge in [0, 0.05) is 12.3 Å². The number of nitro groups is 2. The molecule has 0 fully saturated rings. The number of nitro benzene ring substituents is 2. The van der Waals surface area contributed by atoms with Gasteiger partial charge in [-0.25, -0.2) is 4.98 Å². The molecule has 9 heteroatoms. The molecule has 0 aliphatic carbocycles. The molecule has 20 heavy (non-hydrogen) atoms. The third-order valence-electron chi connectivity index (χ3n) is 2.65. The zero-order valence-electron chi connectivity index (χ0n) is 10.1. The van der Waals surface area contributed by atoms with Crippen molar-refractivity contribution in [2.45, 2.75) is 12.4 Å². The lowest BCUT2D eigenvalue weighted by Gasteiger charge is -2.03. The van der Waals surface area contributed by atoms with Crippen LogP contribution in [0.1, 0.15) is 11.3 Å². The SMILES string of the molecule is O=[N+]([O-])c1ccc(Cn2cnc(CCl)c2)c([N+](=O)[O-])c1. The third-order valence-corrected chi connectivity index (χ3v) is 2.93. The zero-order valence-corrected chi connectivity index (χ0v) is 10.9. The van der Waals surface area contributed by atoms with Gasteiger partial charge in [-0.05, 0) is 6.07 Å². The summed E-state index contributed by atoms with van der Waals surface area (Å²) in [5.41, 5.74) is 0.406. The maximum Gasteiger partial charge on any atom is 0.281 e. The molecule has 0 aliphatic rings. The molecule has 0 aliphatic heterocycles. The maximum absolute atomic E-state index is 11.0. The fraction of sp³-hybridized carbons (Fsp3) is 0.182. The summed E-state index contributed by atoms with van der Waals surface area (Å²) in [6, 6.07) is 3.56. The summed E-state index contributed by atoms with van der Waals surface area (Å²) in [4.78, 5) is 24.3. The molecule has 8 nitrogen and oxygen atoms in total. The highest BCUT2D eigenvalue weighted by Crippen LogP contribution is 2.25. The standard InChI is InChI=1S/C11H9ClN4O4/c12-4-9-6-14(7-13-9)5-8-1-2-10(15(17)18)3-11(8)16(19)20/h1-3,6-7H,4-5H2. The molecule has 1 heterocycles. The highest BCUT2D eigenvalue weighted by atomic mass is 35.5. The van der Waals surface area contributed by atoms with Gasteiger partial charge in [0.25, 0.3) is 11.4 Å². The molecule has 0 radical (unpaired) electrons. The summed E-state index contributed by atoms with van der Waals surface area (Å²) in [7, 11) is 0. The number of non-ortho nitro benzene ring substituents is 1. The fourth-order valence-corrected chi connectivity index (χ4v) is 1.87. The van der Waals surface area contributed by atoms with E-state index in [1.54, 1.807) is 10.8 Å². The first-order chi connectivity index (χ1) is 9.51. The molecule has 0 N–H and O–H groups in total. The number of nitrogens with zero attached hydrogens (tertiary/aromatic N) is 4. The van der Waals surface area contributed by atoms with Gasteiger partial charge < -0.3 is 4.57 Å². The summed E-state index contributed by atoms with van der Waals surface area (Å²) in [5.74, 6) is 0.245. The topological polar surface area (TPSA) is 104 Å². The van der Waals surface area contributed by atoms with Gasteiger partial charge in [-0.15, -0.1) is 11.6 Å². The van der Waals surface area contributed by atoms with E-state index in [-0.39, 0.29) is 23.8 Å². The van der Waals surface area contributed by atoms with Gasteiger partial charge in [0.1, 0.15) is 0 Å². The minimum Gasteiger partial charge on any atom is -0.332 e. The smallest absolute Gasteiger partial charge is 0.281 e. The number of imidazole rings is 1. The van der Waals surface area contributed by atoms with Gasteiger partial charge in [-0.1, -0.05) is 0 Å². The van der Waals surface area contributed by atoms with E-state index in [0.717, 1.165) is 6.07 Å². The van der Waals surface area contributed by atoms with Crippen molar-refractivity contribution in [2.24, 2.45) is 0 Å². The molecule has 2 rings (SSSR count). The van der Waals surface area contributed by atoms with Crippen molar-refractivity contribution in [2.75, 3.05) is 0 Å². The van der Waals surface area contributed by atoms with Crippen LogP contribution in [0, 0.1) is 20.2 Å². The highest BCUT2D eigenvalue weighted by Gasteiger charge is 2.19. The van der Waals surface area contributed by atoms with Crippen molar-refractivity contribution in [1.82, 2.24) is 9.55 Å². The van der Waals surface area contributed by atoms with Crippen LogP contribution in [0.5, 0.6) is 0 Å². The van der Waals surface area contributed by atoms with Crippen LogP contribution < -0.4 is 0 Å². The number of alkyl halides is 1. The van der Waals surface area contributed by atoms with Crippen molar-refractivity contribution in [3.05, 3.63) is 62.2 Å². The third kappa shape index (κ3) is 2.91. The van der Waals surface area contributed by atoms with Crippen molar-refractivity contribution >= 4 is 23.0 Å². The van der Waals surface area contributed by atoms with Gasteiger partial charge in [-0.2, -0.15) is 0 Å². The number of hydrogen-bond acceptors (Lipinski definition) is 5. The first-order valence-electron chi connectivity index (χ1n) is 5.49. The lowest BCUT2D eigenvalue weighted by molar-refractivity contribution is -0.394. The Morgan fingerprint density at radius 1 is 1.25 bits per heavy atom. The molecule has 0 saturated heterocycles. The summed E-state index contributed by atoms with van der Waals surface area (Å²) in [6.45, 7) is 0.193. The quantitative estimate of drug-likeness (QED) is 0.479. The van der Waals surface area contributed by atoms with Crippen molar-refractivity contribution in [1.29, 1.82) is 0 Å². The Hall–Kier alpha value is -2.48. The van der Waals surface area contributed by atoms with E-state index < -0.39 is 9.85 Å². The number of rotatable bonds is 5. The summed E-state index contributed by atoms with van der Waals surface area (Å²) >= 11 is 5.62. The average molecular weight is 297 g/mol. The largest absolute Gasteiger partial charge is 0.332 e. The van der Waals surface area contributed by atoms with E-state index in [1.165, 1.54) is 18.5 Å². The first kappa shape index (κ1) is 13.9. The summed E-state index contributed by atoms with van der Waals surface area (Å²) < 4.78 is 1.63. The maximum atomic E-state index is 11.0. The molecule has 0 unspecified atom stereocenters. The van der Waals surface area contributed by atoms with Crippen molar-refractivity contribution in [3.63, 3.8) is 0 Å².